The summed E-state index contributed by atoms with van der Waals surface area (Å²) in [5, 5.41) is 0. The Morgan fingerprint density at radius 1 is 0.676 bits per heavy atom. The van der Waals surface area contributed by atoms with E-state index in [1.807, 2.05) is 0 Å². The molecule has 0 radical (unpaired) electrons. The molecule has 0 bridgehead atoms. The monoisotopic (exact) mass is 516 g/mol. The van der Waals surface area contributed by atoms with Crippen LogP contribution in [0.3, 0.4) is 0 Å². The topological polar surface area (TPSA) is 100 Å². The van der Waals surface area contributed by atoms with Crippen molar-refractivity contribution in [3.05, 3.63) is 46.9 Å². The van der Waals surface area contributed by atoms with E-state index in [4.69, 9.17) is 42.6 Å². The van der Waals surface area contributed by atoms with Gasteiger partial charge >= 0.3 is 5.97 Å². The molecule has 0 N–H and O–H groups in total. The van der Waals surface area contributed by atoms with Crippen LogP contribution in [-0.2, 0) is 19.0 Å². The zero-order valence-corrected chi connectivity index (χ0v) is 22.3. The molecule has 1 aliphatic heterocycles. The first-order valence-electron chi connectivity index (χ1n) is 11.4. The van der Waals surface area contributed by atoms with Gasteiger partial charge in [0.15, 0.2) is 11.5 Å². The summed E-state index contributed by atoms with van der Waals surface area (Å²) in [7, 11) is 9.07. The van der Waals surface area contributed by atoms with Crippen LogP contribution in [0.2, 0.25) is 0 Å². The summed E-state index contributed by atoms with van der Waals surface area (Å²) in [6, 6.07) is 6.68. The summed E-state index contributed by atoms with van der Waals surface area (Å²) >= 11 is 0. The number of carbonyl (C=O) groups excluding carboxylic acids is 1. The first kappa shape index (κ1) is 27.5. The first-order chi connectivity index (χ1) is 17.8. The number of hydrogen-bond donors (Lipinski definition) is 0. The van der Waals surface area contributed by atoms with E-state index in [2.05, 4.69) is 0 Å². The maximum Gasteiger partial charge on any atom is 0.368 e. The molecule has 0 aliphatic carbocycles. The minimum absolute atomic E-state index is 0.0540. The fourth-order valence-electron chi connectivity index (χ4n) is 3.76. The van der Waals surface area contributed by atoms with Crippen molar-refractivity contribution in [2.45, 2.75) is 19.8 Å². The van der Waals surface area contributed by atoms with Gasteiger partial charge in [0.1, 0.15) is 34.5 Å². The van der Waals surface area contributed by atoms with E-state index in [0.29, 0.717) is 45.6 Å². The van der Waals surface area contributed by atoms with Gasteiger partial charge in [0.25, 0.3) is 5.78 Å². The van der Waals surface area contributed by atoms with Crippen LogP contribution in [0.5, 0.6) is 34.5 Å². The predicted molar refractivity (Wildman–Crippen MR) is 135 cm³/mol. The summed E-state index contributed by atoms with van der Waals surface area (Å²) in [6.07, 6.45) is 3.02. The third kappa shape index (κ3) is 5.86. The molecular formula is C27H32O10. The van der Waals surface area contributed by atoms with Crippen molar-refractivity contribution in [3.63, 3.8) is 0 Å². The Bertz CT molecular complexity index is 1060. The maximum atomic E-state index is 13.6. The lowest BCUT2D eigenvalue weighted by Crippen LogP contribution is -2.42. The van der Waals surface area contributed by atoms with Gasteiger partial charge in [-0.1, -0.05) is 0 Å². The van der Waals surface area contributed by atoms with E-state index < -0.39 is 11.8 Å². The van der Waals surface area contributed by atoms with Crippen LogP contribution < -0.4 is 28.4 Å². The average molecular weight is 517 g/mol. The predicted octanol–water partition coefficient (Wildman–Crippen LogP) is 4.45. The van der Waals surface area contributed by atoms with E-state index in [9.17, 15) is 4.79 Å². The molecule has 1 heterocycles. The Morgan fingerprint density at radius 3 is 1.30 bits per heavy atom. The molecule has 2 aromatic carbocycles. The second kappa shape index (κ2) is 11.8. The van der Waals surface area contributed by atoms with E-state index in [0.717, 1.165) is 0 Å². The number of ether oxygens (including phenoxy) is 9. The summed E-state index contributed by atoms with van der Waals surface area (Å²) in [5.74, 6) is 0.437. The van der Waals surface area contributed by atoms with Crippen molar-refractivity contribution >= 4 is 17.9 Å². The zero-order valence-electron chi connectivity index (χ0n) is 22.3. The molecule has 1 fully saturated rings. The lowest BCUT2D eigenvalue weighted by Gasteiger charge is -2.35. The number of carbonyl (C=O) groups is 1. The van der Waals surface area contributed by atoms with Gasteiger partial charge in [-0.2, -0.15) is 0 Å². The average Bonchev–Trinajstić information content (AvgIpc) is 2.91. The van der Waals surface area contributed by atoms with Gasteiger partial charge in [0.2, 0.25) is 0 Å². The molecule has 0 saturated carbocycles. The zero-order chi connectivity index (χ0) is 27.2. The Hall–Kier alpha value is -4.05. The molecule has 1 aliphatic rings. The van der Waals surface area contributed by atoms with Gasteiger partial charge in [-0.05, 0) is 19.1 Å². The van der Waals surface area contributed by atoms with Crippen molar-refractivity contribution in [3.8, 4) is 34.5 Å². The van der Waals surface area contributed by atoms with Crippen LogP contribution in [0.15, 0.2) is 35.8 Å². The second-order valence-electron chi connectivity index (χ2n) is 7.74. The molecule has 0 aromatic heterocycles. The molecule has 10 heteroatoms. The second-order valence-corrected chi connectivity index (χ2v) is 7.74. The lowest BCUT2D eigenvalue weighted by molar-refractivity contribution is -0.343. The SMILES string of the molecule is CCOC1(C)O/C(=C\c2c(OC)cc(OC)cc2OC)C(=O)/C(=C/c2c(OC)cc(OC)cc2OC)O1. The van der Waals surface area contributed by atoms with E-state index >= 15 is 0 Å². The summed E-state index contributed by atoms with van der Waals surface area (Å²) in [6.45, 7) is 3.61. The summed E-state index contributed by atoms with van der Waals surface area (Å²) in [5.41, 5.74) is 0.933. The van der Waals surface area contributed by atoms with Gasteiger partial charge in [-0.15, -0.1) is 0 Å². The van der Waals surface area contributed by atoms with Gasteiger partial charge < -0.3 is 42.6 Å². The van der Waals surface area contributed by atoms with Crippen LogP contribution in [-0.4, -0.2) is 61.0 Å². The molecule has 0 unspecified atom stereocenters. The van der Waals surface area contributed by atoms with Crippen LogP contribution in [0.1, 0.15) is 25.0 Å². The van der Waals surface area contributed by atoms with Crippen molar-refractivity contribution in [2.75, 3.05) is 49.3 Å². The molecule has 37 heavy (non-hydrogen) atoms. The molecule has 0 amide bonds. The third-order valence-electron chi connectivity index (χ3n) is 5.50. The smallest absolute Gasteiger partial charge is 0.368 e. The van der Waals surface area contributed by atoms with Crippen molar-refractivity contribution < 1.29 is 47.4 Å². The molecular weight excluding hydrogens is 484 g/mol. The number of rotatable bonds is 10. The fraction of sp³-hybridized carbons (Fsp3) is 0.370. The highest BCUT2D eigenvalue weighted by molar-refractivity contribution is 6.11. The summed E-state index contributed by atoms with van der Waals surface area (Å²) in [4.78, 5) is 13.6. The number of benzene rings is 2. The minimum Gasteiger partial charge on any atom is -0.496 e. The van der Waals surface area contributed by atoms with Crippen LogP contribution >= 0.6 is 0 Å². The van der Waals surface area contributed by atoms with Gasteiger partial charge in [0, 0.05) is 31.2 Å². The van der Waals surface area contributed by atoms with E-state index in [1.54, 1.807) is 38.1 Å². The molecule has 0 spiro atoms. The standard InChI is InChI=1S/C27H32O10/c1-9-35-27(2)36-24(14-18-20(31-5)10-16(29-3)11-21(18)32-6)26(28)25(37-27)15-19-22(33-7)12-17(30-4)13-23(19)34-8/h10-15H,9H2,1-8H3/b24-14-,25-15-. The number of Topliss-reactive ketones (excluding diaryl/α,β-unsaturated/α-hetero) is 1. The Labute approximate surface area is 216 Å². The summed E-state index contributed by atoms with van der Waals surface area (Å²) < 4.78 is 50.2. The van der Waals surface area contributed by atoms with E-state index in [1.165, 1.54) is 54.8 Å². The van der Waals surface area contributed by atoms with Crippen LogP contribution in [0.25, 0.3) is 12.2 Å². The lowest BCUT2D eigenvalue weighted by atomic mass is 10.1. The first-order valence-corrected chi connectivity index (χ1v) is 11.4. The number of methoxy groups -OCH3 is 6. The maximum absolute atomic E-state index is 13.6. The van der Waals surface area contributed by atoms with Gasteiger partial charge in [0.05, 0.1) is 60.4 Å². The fourth-order valence-corrected chi connectivity index (χ4v) is 3.76. The Morgan fingerprint density at radius 2 is 1.03 bits per heavy atom. The third-order valence-corrected chi connectivity index (χ3v) is 5.50. The Kier molecular flexibility index (Phi) is 8.77. The number of hydrogen-bond acceptors (Lipinski definition) is 10. The number of ketones is 1. The van der Waals surface area contributed by atoms with Gasteiger partial charge in [-0.3, -0.25) is 4.79 Å². The molecule has 0 atom stereocenters. The molecule has 200 valence electrons. The molecule has 2 aromatic rings. The van der Waals surface area contributed by atoms with Gasteiger partial charge in [-0.25, -0.2) is 0 Å². The van der Waals surface area contributed by atoms with E-state index in [-0.39, 0.29) is 18.1 Å². The normalized spacial score (nSPS) is 19.2. The van der Waals surface area contributed by atoms with Crippen molar-refractivity contribution in [1.82, 2.24) is 0 Å². The minimum atomic E-state index is -1.60. The quantitative estimate of drug-likeness (QED) is 0.421. The highest BCUT2D eigenvalue weighted by Crippen LogP contribution is 2.41. The largest absolute Gasteiger partial charge is 0.496 e. The highest BCUT2D eigenvalue weighted by Gasteiger charge is 2.42. The molecule has 10 nitrogen and oxygen atoms in total. The highest BCUT2D eigenvalue weighted by atomic mass is 16.9. The Balaban J connectivity index is 2.21. The van der Waals surface area contributed by atoms with Crippen molar-refractivity contribution in [1.29, 1.82) is 0 Å². The van der Waals surface area contributed by atoms with Crippen molar-refractivity contribution in [2.24, 2.45) is 0 Å². The molecule has 3 rings (SSSR count). The van der Waals surface area contributed by atoms with Crippen LogP contribution in [0.4, 0.5) is 0 Å². The molecule has 1 saturated heterocycles. The van der Waals surface area contributed by atoms with Crippen LogP contribution in [0, 0.1) is 0 Å².